The Balaban J connectivity index is 2.56. The second-order valence-electron chi connectivity index (χ2n) is 3.59. The van der Waals surface area contributed by atoms with Crippen LogP contribution in [0.25, 0.3) is 0 Å². The van der Waals surface area contributed by atoms with Crippen LogP contribution in [0.3, 0.4) is 0 Å². The number of carbonyl (C=O) groups is 2. The third kappa shape index (κ3) is 5.47. The monoisotopic (exact) mass is 285 g/mol. The van der Waals surface area contributed by atoms with Crippen LogP contribution in [-0.4, -0.2) is 25.6 Å². The number of benzene rings is 1. The number of halogens is 2. The number of methoxy groups -OCH3 is 1. The maximum absolute atomic E-state index is 12.2. The minimum absolute atomic E-state index is 0.0458. The van der Waals surface area contributed by atoms with Gasteiger partial charge >= 0.3 is 12.1 Å². The summed E-state index contributed by atoms with van der Waals surface area (Å²) in [5.74, 6) is -1.08. The third-order valence-corrected chi connectivity index (χ3v) is 2.15. The van der Waals surface area contributed by atoms with E-state index in [1.54, 1.807) is 30.3 Å². The Morgan fingerprint density at radius 1 is 1.30 bits per heavy atom. The molecule has 0 aliphatic heterocycles. The molecule has 0 spiro atoms. The number of rotatable bonds is 5. The van der Waals surface area contributed by atoms with Gasteiger partial charge in [0.2, 0.25) is 0 Å². The second kappa shape index (κ2) is 7.88. The van der Waals surface area contributed by atoms with Gasteiger partial charge in [-0.25, -0.2) is 18.4 Å². The summed E-state index contributed by atoms with van der Waals surface area (Å²) in [5.41, 5.74) is 0.0562. The average Bonchev–Trinajstić information content (AvgIpc) is 2.44. The number of ether oxygens (including phenoxy) is 2. The van der Waals surface area contributed by atoms with E-state index in [0.29, 0.717) is 0 Å². The van der Waals surface area contributed by atoms with Crippen LogP contribution in [-0.2, 0) is 20.9 Å². The van der Waals surface area contributed by atoms with Gasteiger partial charge in [-0.05, 0) is 5.56 Å². The molecule has 20 heavy (non-hydrogen) atoms. The zero-order chi connectivity index (χ0) is 15.0. The molecule has 0 unspecified atom stereocenters. The average molecular weight is 285 g/mol. The summed E-state index contributed by atoms with van der Waals surface area (Å²) in [6.07, 6.45) is -3.65. The highest BCUT2D eigenvalue weighted by atomic mass is 19.3. The summed E-state index contributed by atoms with van der Waals surface area (Å²) in [6, 6.07) is 8.76. The lowest BCUT2D eigenvalue weighted by Crippen LogP contribution is -2.29. The SMILES string of the molecule is COC(=O)C(=CC(F)F)NC(=O)OCc1ccccc1. The number of amides is 1. The van der Waals surface area contributed by atoms with Gasteiger partial charge in [0.15, 0.2) is 0 Å². The van der Waals surface area contributed by atoms with Crippen molar-refractivity contribution >= 4 is 12.1 Å². The first-order valence-corrected chi connectivity index (χ1v) is 5.59. The van der Waals surface area contributed by atoms with Crippen molar-refractivity contribution in [2.24, 2.45) is 0 Å². The summed E-state index contributed by atoms with van der Waals surface area (Å²) < 4.78 is 33.5. The minimum atomic E-state index is -2.90. The summed E-state index contributed by atoms with van der Waals surface area (Å²) >= 11 is 0. The molecule has 0 radical (unpaired) electrons. The summed E-state index contributed by atoms with van der Waals surface area (Å²) in [4.78, 5) is 22.6. The summed E-state index contributed by atoms with van der Waals surface area (Å²) in [7, 11) is 1.01. The molecule has 0 aliphatic carbocycles. The van der Waals surface area contributed by atoms with Crippen molar-refractivity contribution in [2.75, 3.05) is 7.11 Å². The highest BCUT2D eigenvalue weighted by Gasteiger charge is 2.16. The number of hydrogen-bond acceptors (Lipinski definition) is 4. The predicted octanol–water partition coefficient (Wildman–Crippen LogP) is 2.23. The Morgan fingerprint density at radius 2 is 1.95 bits per heavy atom. The van der Waals surface area contributed by atoms with Crippen molar-refractivity contribution in [1.82, 2.24) is 5.32 Å². The van der Waals surface area contributed by atoms with Gasteiger partial charge in [0.1, 0.15) is 12.3 Å². The van der Waals surface area contributed by atoms with Crippen molar-refractivity contribution < 1.29 is 27.8 Å². The van der Waals surface area contributed by atoms with E-state index in [-0.39, 0.29) is 12.7 Å². The predicted molar refractivity (Wildman–Crippen MR) is 65.9 cm³/mol. The van der Waals surface area contributed by atoms with Gasteiger partial charge in [-0.2, -0.15) is 0 Å². The molecule has 0 bridgehead atoms. The molecule has 1 N–H and O–H groups in total. The van der Waals surface area contributed by atoms with Crippen molar-refractivity contribution in [1.29, 1.82) is 0 Å². The van der Waals surface area contributed by atoms with Gasteiger partial charge in [0.25, 0.3) is 6.43 Å². The first kappa shape index (κ1) is 15.6. The Morgan fingerprint density at radius 3 is 2.50 bits per heavy atom. The zero-order valence-corrected chi connectivity index (χ0v) is 10.6. The molecule has 0 aromatic heterocycles. The van der Waals surface area contributed by atoms with E-state index in [4.69, 9.17) is 4.74 Å². The molecule has 5 nitrogen and oxygen atoms in total. The van der Waals surface area contributed by atoms with E-state index in [2.05, 4.69) is 4.74 Å². The van der Waals surface area contributed by atoms with E-state index < -0.39 is 24.2 Å². The van der Waals surface area contributed by atoms with Gasteiger partial charge in [-0.3, -0.25) is 5.32 Å². The molecule has 0 saturated heterocycles. The number of nitrogens with one attached hydrogen (secondary N) is 1. The van der Waals surface area contributed by atoms with Crippen molar-refractivity contribution in [3.8, 4) is 0 Å². The molecule has 0 saturated carbocycles. The molecular weight excluding hydrogens is 272 g/mol. The van der Waals surface area contributed by atoms with Gasteiger partial charge in [0.05, 0.1) is 7.11 Å². The maximum Gasteiger partial charge on any atom is 0.412 e. The largest absolute Gasteiger partial charge is 0.464 e. The lowest BCUT2D eigenvalue weighted by atomic mass is 10.2. The van der Waals surface area contributed by atoms with E-state index in [9.17, 15) is 18.4 Å². The Bertz CT molecular complexity index is 488. The maximum atomic E-state index is 12.2. The normalized spacial score (nSPS) is 11.1. The molecule has 0 heterocycles. The third-order valence-electron chi connectivity index (χ3n) is 2.15. The van der Waals surface area contributed by atoms with Crippen LogP contribution in [0.1, 0.15) is 5.56 Å². The lowest BCUT2D eigenvalue weighted by molar-refractivity contribution is -0.136. The number of allylic oxidation sites excluding steroid dienone is 1. The van der Waals surface area contributed by atoms with Crippen LogP contribution in [0.2, 0.25) is 0 Å². The fraction of sp³-hybridized carbons (Fsp3) is 0.231. The van der Waals surface area contributed by atoms with E-state index >= 15 is 0 Å². The molecule has 1 aromatic carbocycles. The van der Waals surface area contributed by atoms with E-state index in [0.717, 1.165) is 12.7 Å². The fourth-order valence-corrected chi connectivity index (χ4v) is 1.27. The number of esters is 1. The van der Waals surface area contributed by atoms with E-state index in [1.165, 1.54) is 0 Å². The molecule has 0 fully saturated rings. The molecule has 1 amide bonds. The lowest BCUT2D eigenvalue weighted by Gasteiger charge is -2.09. The molecule has 7 heteroatoms. The molecule has 1 aromatic rings. The minimum Gasteiger partial charge on any atom is -0.464 e. The molecular formula is C13H13F2NO4. The topological polar surface area (TPSA) is 64.6 Å². The van der Waals surface area contributed by atoms with Crippen LogP contribution in [0.5, 0.6) is 0 Å². The van der Waals surface area contributed by atoms with Gasteiger partial charge < -0.3 is 9.47 Å². The van der Waals surface area contributed by atoms with Crippen LogP contribution in [0.15, 0.2) is 42.1 Å². The second-order valence-corrected chi connectivity index (χ2v) is 3.59. The van der Waals surface area contributed by atoms with Crippen LogP contribution < -0.4 is 5.32 Å². The Labute approximate surface area is 114 Å². The summed E-state index contributed by atoms with van der Waals surface area (Å²) in [6.45, 7) is -0.0458. The quantitative estimate of drug-likeness (QED) is 0.665. The number of carbonyl (C=O) groups excluding carboxylic acids is 2. The van der Waals surface area contributed by atoms with Gasteiger partial charge in [0, 0.05) is 6.08 Å². The Kier molecular flexibility index (Phi) is 6.15. The van der Waals surface area contributed by atoms with Crippen LogP contribution in [0.4, 0.5) is 13.6 Å². The van der Waals surface area contributed by atoms with Crippen molar-refractivity contribution in [2.45, 2.75) is 13.0 Å². The molecule has 108 valence electrons. The van der Waals surface area contributed by atoms with Crippen LogP contribution >= 0.6 is 0 Å². The fourth-order valence-electron chi connectivity index (χ4n) is 1.27. The first-order chi connectivity index (χ1) is 9.52. The number of alkyl carbamates (subject to hydrolysis) is 1. The van der Waals surface area contributed by atoms with Gasteiger partial charge in [-0.15, -0.1) is 0 Å². The van der Waals surface area contributed by atoms with E-state index in [1.807, 2.05) is 5.32 Å². The summed E-state index contributed by atoms with van der Waals surface area (Å²) in [5, 5.41) is 1.91. The standard InChI is InChI=1S/C13H13F2NO4/c1-19-12(17)10(7-11(14)15)16-13(18)20-8-9-5-3-2-4-6-9/h2-7,11H,8H2,1H3,(H,16,18). The highest BCUT2D eigenvalue weighted by molar-refractivity contribution is 5.92. The first-order valence-electron chi connectivity index (χ1n) is 5.59. The number of hydrogen-bond donors (Lipinski definition) is 1. The molecule has 0 atom stereocenters. The number of alkyl halides is 2. The molecule has 1 rings (SSSR count). The molecule has 0 aliphatic rings. The Hall–Kier alpha value is -2.44. The van der Waals surface area contributed by atoms with Crippen molar-refractivity contribution in [3.05, 3.63) is 47.7 Å². The van der Waals surface area contributed by atoms with Gasteiger partial charge in [-0.1, -0.05) is 30.3 Å². The van der Waals surface area contributed by atoms with Crippen LogP contribution in [0, 0.1) is 0 Å². The zero-order valence-electron chi connectivity index (χ0n) is 10.6. The smallest absolute Gasteiger partial charge is 0.412 e. The van der Waals surface area contributed by atoms with Crippen molar-refractivity contribution in [3.63, 3.8) is 0 Å². The highest BCUT2D eigenvalue weighted by Crippen LogP contribution is 2.04.